The van der Waals surface area contributed by atoms with Gasteiger partial charge in [0.05, 0.1) is 5.56 Å². The van der Waals surface area contributed by atoms with Crippen molar-refractivity contribution in [3.8, 4) is 0 Å². The maximum atomic E-state index is 12.6. The van der Waals surface area contributed by atoms with E-state index in [1.165, 1.54) is 23.5 Å². The Morgan fingerprint density at radius 1 is 1.28 bits per heavy atom. The van der Waals surface area contributed by atoms with E-state index in [1.54, 1.807) is 0 Å². The van der Waals surface area contributed by atoms with E-state index < -0.39 is 11.7 Å². The number of hydrogen-bond acceptors (Lipinski definition) is 2. The molecule has 0 fully saturated rings. The van der Waals surface area contributed by atoms with Gasteiger partial charge in [0.15, 0.2) is 0 Å². The van der Waals surface area contributed by atoms with Crippen molar-refractivity contribution >= 4 is 21.4 Å². The number of fused-ring (bicyclic) bond motifs is 1. The number of alkyl halides is 3. The molecule has 0 saturated heterocycles. The molecule has 0 unspecified atom stereocenters. The lowest BCUT2D eigenvalue weighted by Gasteiger charge is -2.06. The summed E-state index contributed by atoms with van der Waals surface area (Å²) in [5.74, 6) is 0. The Balaban J connectivity index is 2.47. The molecular weight excluding hydrogens is 261 g/mol. The fourth-order valence-electron chi connectivity index (χ4n) is 1.93. The monoisotopic (exact) mass is 274 g/mol. The zero-order valence-corrected chi connectivity index (χ0v) is 10.7. The van der Waals surface area contributed by atoms with Gasteiger partial charge in [0, 0.05) is 16.2 Å². The van der Waals surface area contributed by atoms with Gasteiger partial charge in [0.2, 0.25) is 0 Å². The smallest absolute Gasteiger partial charge is 0.396 e. The summed E-state index contributed by atoms with van der Waals surface area (Å²) in [6, 6.07) is 3.86. The molecule has 0 aliphatic rings. The van der Waals surface area contributed by atoms with Crippen LogP contribution in [-0.2, 0) is 12.6 Å². The van der Waals surface area contributed by atoms with Crippen LogP contribution in [0.1, 0.15) is 22.4 Å². The van der Waals surface area contributed by atoms with Gasteiger partial charge in [-0.05, 0) is 48.9 Å². The van der Waals surface area contributed by atoms with E-state index in [0.717, 1.165) is 21.2 Å². The summed E-state index contributed by atoms with van der Waals surface area (Å²) in [6.07, 6.45) is -2.95. The lowest BCUT2D eigenvalue weighted by atomic mass is 10.1. The second-order valence-electron chi connectivity index (χ2n) is 4.19. The standard InChI is InChI=1S/C13H13F3OS/c1-8-10-7-9(13(14,15)16)4-5-12(10)18-11(8)3-2-6-17/h4-5,7,17H,2-3,6H2,1H3. The van der Waals surface area contributed by atoms with Crippen molar-refractivity contribution in [3.05, 3.63) is 34.2 Å². The summed E-state index contributed by atoms with van der Waals surface area (Å²) < 4.78 is 38.8. The Labute approximate surface area is 107 Å². The Hall–Kier alpha value is -1.07. The van der Waals surface area contributed by atoms with Crippen LogP contribution in [0.5, 0.6) is 0 Å². The minimum atomic E-state index is -4.30. The van der Waals surface area contributed by atoms with Crippen LogP contribution in [0.3, 0.4) is 0 Å². The van der Waals surface area contributed by atoms with E-state index in [4.69, 9.17) is 5.11 Å². The molecule has 1 aromatic heterocycles. The number of halogens is 3. The van der Waals surface area contributed by atoms with Crippen LogP contribution in [0.4, 0.5) is 13.2 Å². The summed E-state index contributed by atoms with van der Waals surface area (Å²) >= 11 is 1.50. The molecule has 0 saturated carbocycles. The fraction of sp³-hybridized carbons (Fsp3) is 0.385. The molecule has 0 amide bonds. The van der Waals surface area contributed by atoms with Crippen LogP contribution >= 0.6 is 11.3 Å². The van der Waals surface area contributed by atoms with Gasteiger partial charge in [0.25, 0.3) is 0 Å². The van der Waals surface area contributed by atoms with E-state index in [-0.39, 0.29) is 6.61 Å². The van der Waals surface area contributed by atoms with Gasteiger partial charge in [-0.3, -0.25) is 0 Å². The Morgan fingerprint density at radius 2 is 2.00 bits per heavy atom. The van der Waals surface area contributed by atoms with Crippen LogP contribution in [0, 0.1) is 6.92 Å². The number of hydrogen-bond donors (Lipinski definition) is 1. The fourth-order valence-corrected chi connectivity index (χ4v) is 3.16. The van der Waals surface area contributed by atoms with Crippen molar-refractivity contribution in [1.82, 2.24) is 0 Å². The molecule has 0 radical (unpaired) electrons. The number of thiophene rings is 1. The summed E-state index contributed by atoms with van der Waals surface area (Å²) in [5, 5.41) is 9.47. The van der Waals surface area contributed by atoms with Gasteiger partial charge in [-0.2, -0.15) is 13.2 Å². The molecule has 98 valence electrons. The van der Waals surface area contributed by atoms with Gasteiger partial charge in [0.1, 0.15) is 0 Å². The molecule has 18 heavy (non-hydrogen) atoms. The molecule has 1 aromatic carbocycles. The minimum Gasteiger partial charge on any atom is -0.396 e. The molecule has 0 spiro atoms. The van der Waals surface area contributed by atoms with Crippen LogP contribution < -0.4 is 0 Å². The Kier molecular flexibility index (Phi) is 3.64. The summed E-state index contributed by atoms with van der Waals surface area (Å²) in [4.78, 5) is 1.05. The highest BCUT2D eigenvalue weighted by atomic mass is 32.1. The van der Waals surface area contributed by atoms with Crippen molar-refractivity contribution in [3.63, 3.8) is 0 Å². The van der Waals surface area contributed by atoms with Crippen molar-refractivity contribution in [2.45, 2.75) is 25.9 Å². The van der Waals surface area contributed by atoms with Gasteiger partial charge in [-0.25, -0.2) is 0 Å². The highest BCUT2D eigenvalue weighted by Gasteiger charge is 2.30. The van der Waals surface area contributed by atoms with Gasteiger partial charge >= 0.3 is 6.18 Å². The molecule has 5 heteroatoms. The third kappa shape index (κ3) is 2.52. The topological polar surface area (TPSA) is 20.2 Å². The Bertz CT molecular complexity index is 557. The van der Waals surface area contributed by atoms with E-state index in [2.05, 4.69) is 0 Å². The van der Waals surface area contributed by atoms with Crippen LogP contribution in [0.2, 0.25) is 0 Å². The molecule has 0 aliphatic carbocycles. The van der Waals surface area contributed by atoms with Crippen molar-refractivity contribution in [2.24, 2.45) is 0 Å². The molecule has 1 N–H and O–H groups in total. The van der Waals surface area contributed by atoms with Gasteiger partial charge in [-0.1, -0.05) is 0 Å². The van der Waals surface area contributed by atoms with E-state index in [9.17, 15) is 13.2 Å². The highest BCUT2D eigenvalue weighted by molar-refractivity contribution is 7.19. The lowest BCUT2D eigenvalue weighted by molar-refractivity contribution is -0.137. The maximum Gasteiger partial charge on any atom is 0.416 e. The zero-order chi connectivity index (χ0) is 13.3. The maximum absolute atomic E-state index is 12.6. The molecule has 0 aliphatic heterocycles. The van der Waals surface area contributed by atoms with E-state index >= 15 is 0 Å². The van der Waals surface area contributed by atoms with Crippen molar-refractivity contribution in [2.75, 3.05) is 6.61 Å². The molecule has 1 nitrogen and oxygen atoms in total. The number of aryl methyl sites for hydroxylation is 2. The van der Waals surface area contributed by atoms with Gasteiger partial charge in [-0.15, -0.1) is 11.3 Å². The Morgan fingerprint density at radius 3 is 2.61 bits per heavy atom. The summed E-state index contributed by atoms with van der Waals surface area (Å²) in [5.41, 5.74) is 0.291. The predicted molar refractivity (Wildman–Crippen MR) is 67.0 cm³/mol. The number of benzene rings is 1. The van der Waals surface area contributed by atoms with Crippen LogP contribution in [0.15, 0.2) is 18.2 Å². The van der Waals surface area contributed by atoms with Crippen LogP contribution in [0.25, 0.3) is 10.1 Å². The van der Waals surface area contributed by atoms with E-state index in [1.807, 2.05) is 6.92 Å². The molecule has 2 aromatic rings. The number of rotatable bonds is 3. The van der Waals surface area contributed by atoms with Crippen molar-refractivity contribution < 1.29 is 18.3 Å². The average molecular weight is 274 g/mol. The molecule has 1 heterocycles. The summed E-state index contributed by atoms with van der Waals surface area (Å²) in [6.45, 7) is 1.94. The van der Waals surface area contributed by atoms with Crippen molar-refractivity contribution in [1.29, 1.82) is 0 Å². The average Bonchev–Trinajstić information content (AvgIpc) is 2.62. The highest BCUT2D eigenvalue weighted by Crippen LogP contribution is 2.36. The molecule has 0 bridgehead atoms. The first-order valence-corrected chi connectivity index (χ1v) is 6.45. The minimum absolute atomic E-state index is 0.0987. The third-order valence-corrected chi connectivity index (χ3v) is 4.26. The molecule has 0 atom stereocenters. The number of aliphatic hydroxyl groups is 1. The first-order valence-electron chi connectivity index (χ1n) is 5.63. The van der Waals surface area contributed by atoms with Gasteiger partial charge < -0.3 is 5.11 Å². The SMILES string of the molecule is Cc1c(CCCO)sc2ccc(C(F)(F)F)cc12. The normalized spacial score (nSPS) is 12.3. The second kappa shape index (κ2) is 4.90. The molecule has 2 rings (SSSR count). The second-order valence-corrected chi connectivity index (χ2v) is 5.32. The lowest BCUT2D eigenvalue weighted by Crippen LogP contribution is -2.03. The quantitative estimate of drug-likeness (QED) is 0.891. The largest absolute Gasteiger partial charge is 0.416 e. The third-order valence-electron chi connectivity index (χ3n) is 2.92. The molecular formula is C13H13F3OS. The number of aliphatic hydroxyl groups excluding tert-OH is 1. The van der Waals surface area contributed by atoms with Crippen LogP contribution in [-0.4, -0.2) is 11.7 Å². The van der Waals surface area contributed by atoms with E-state index in [0.29, 0.717) is 18.2 Å². The first-order chi connectivity index (χ1) is 8.43. The predicted octanol–water partition coefficient (Wildman–Crippen LogP) is 4.15. The first kappa shape index (κ1) is 13.4. The summed E-state index contributed by atoms with van der Waals surface area (Å²) in [7, 11) is 0. The zero-order valence-electron chi connectivity index (χ0n) is 9.84.